The number of para-hydroxylation sites is 1. The van der Waals surface area contributed by atoms with Crippen LogP contribution >= 0.6 is 0 Å². The van der Waals surface area contributed by atoms with Crippen LogP contribution in [0, 0.1) is 0 Å². The molecular formula is C32H30O6. The summed E-state index contributed by atoms with van der Waals surface area (Å²) in [7, 11) is 0. The normalized spacial score (nSPS) is 10.4. The Morgan fingerprint density at radius 1 is 0.553 bits per heavy atom. The van der Waals surface area contributed by atoms with Crippen LogP contribution in [-0.4, -0.2) is 31.9 Å². The predicted octanol–water partition coefficient (Wildman–Crippen LogP) is 7.08. The van der Waals surface area contributed by atoms with Gasteiger partial charge in [0.1, 0.15) is 12.4 Å². The summed E-state index contributed by atoms with van der Waals surface area (Å²) in [6.45, 7) is 0.328. The van der Waals surface area contributed by atoms with Gasteiger partial charge in [-0.1, -0.05) is 103 Å². The summed E-state index contributed by atoms with van der Waals surface area (Å²) in [6, 6.07) is 35.1. The Kier molecular flexibility index (Phi) is 9.92. The lowest BCUT2D eigenvalue weighted by atomic mass is 10.0. The molecule has 0 amide bonds. The predicted molar refractivity (Wildman–Crippen MR) is 146 cm³/mol. The highest BCUT2D eigenvalue weighted by atomic mass is 16.7. The van der Waals surface area contributed by atoms with Crippen molar-refractivity contribution in [1.29, 1.82) is 0 Å². The van der Waals surface area contributed by atoms with Crippen LogP contribution in [0.25, 0.3) is 22.3 Å². The minimum atomic E-state index is -0.727. The summed E-state index contributed by atoms with van der Waals surface area (Å²) in [5, 5.41) is 0. The molecule has 0 unspecified atom stereocenters. The lowest BCUT2D eigenvalue weighted by Gasteiger charge is -2.12. The molecule has 38 heavy (non-hydrogen) atoms. The third-order valence-electron chi connectivity index (χ3n) is 5.79. The zero-order valence-corrected chi connectivity index (χ0v) is 21.1. The van der Waals surface area contributed by atoms with Crippen LogP contribution in [0.15, 0.2) is 109 Å². The largest absolute Gasteiger partial charge is 0.508 e. The molecule has 0 heterocycles. The van der Waals surface area contributed by atoms with E-state index in [1.54, 1.807) is 0 Å². The maximum absolute atomic E-state index is 12.1. The first-order valence-electron chi connectivity index (χ1n) is 12.6. The number of benzene rings is 4. The van der Waals surface area contributed by atoms with E-state index in [0.717, 1.165) is 27.8 Å². The Balaban J connectivity index is 1.11. The first kappa shape index (κ1) is 26.5. The fraction of sp³-hybridized carbons (Fsp3) is 0.188. The van der Waals surface area contributed by atoms with Crippen molar-refractivity contribution < 1.29 is 28.5 Å². The molecule has 6 heteroatoms. The summed E-state index contributed by atoms with van der Waals surface area (Å²) in [5.74, 6) is 0.166. The molecule has 4 aromatic carbocycles. The highest BCUT2D eigenvalue weighted by molar-refractivity contribution is 5.73. The van der Waals surface area contributed by atoms with Crippen LogP contribution in [0.4, 0.5) is 4.79 Å². The fourth-order valence-corrected chi connectivity index (χ4v) is 3.90. The zero-order chi connectivity index (χ0) is 26.4. The van der Waals surface area contributed by atoms with Crippen LogP contribution in [0.2, 0.25) is 0 Å². The maximum Gasteiger partial charge on any atom is 0.508 e. The number of carbonyl (C=O) groups excluding carboxylic acids is 2. The number of hydrogen-bond donors (Lipinski definition) is 0. The Morgan fingerprint density at radius 2 is 1.11 bits per heavy atom. The summed E-state index contributed by atoms with van der Waals surface area (Å²) in [5.41, 5.74) is 4.88. The molecule has 0 saturated carbocycles. The van der Waals surface area contributed by atoms with Gasteiger partial charge in [-0.15, -0.1) is 0 Å². The fourth-order valence-electron chi connectivity index (χ4n) is 3.90. The van der Waals surface area contributed by atoms with E-state index in [2.05, 4.69) is 0 Å². The molecule has 0 saturated heterocycles. The number of ether oxygens (including phenoxy) is 4. The topological polar surface area (TPSA) is 71.1 Å². The highest BCUT2D eigenvalue weighted by Crippen LogP contribution is 2.29. The molecule has 0 atom stereocenters. The number of unbranched alkanes of at least 4 members (excludes halogenated alkanes) is 1. The molecule has 0 spiro atoms. The summed E-state index contributed by atoms with van der Waals surface area (Å²) >= 11 is 0. The van der Waals surface area contributed by atoms with Crippen LogP contribution in [0.5, 0.6) is 5.75 Å². The molecule has 194 valence electrons. The first-order chi connectivity index (χ1) is 18.7. The Hall–Kier alpha value is -4.58. The number of carbonyl (C=O) groups is 2. The smallest absolute Gasteiger partial charge is 0.481 e. The van der Waals surface area contributed by atoms with Crippen molar-refractivity contribution in [1.82, 2.24) is 0 Å². The van der Waals surface area contributed by atoms with E-state index in [9.17, 15) is 9.59 Å². The van der Waals surface area contributed by atoms with Crippen molar-refractivity contribution in [2.45, 2.75) is 19.4 Å². The van der Waals surface area contributed by atoms with E-state index in [4.69, 9.17) is 18.9 Å². The van der Waals surface area contributed by atoms with Crippen molar-refractivity contribution >= 4 is 12.1 Å². The molecule has 0 fully saturated rings. The summed E-state index contributed by atoms with van der Waals surface area (Å²) < 4.78 is 21.4. The molecule has 0 bridgehead atoms. The zero-order valence-electron chi connectivity index (χ0n) is 21.1. The summed E-state index contributed by atoms with van der Waals surface area (Å²) in [6.07, 6.45) is 0.368. The van der Waals surface area contributed by atoms with Gasteiger partial charge in [0.05, 0.1) is 13.2 Å². The van der Waals surface area contributed by atoms with Crippen molar-refractivity contribution in [3.63, 3.8) is 0 Å². The Bertz CT molecular complexity index is 1200. The van der Waals surface area contributed by atoms with Gasteiger partial charge in [-0.2, -0.15) is 0 Å². The molecule has 0 N–H and O–H groups in total. The van der Waals surface area contributed by atoms with Crippen LogP contribution < -0.4 is 4.74 Å². The van der Waals surface area contributed by atoms with Gasteiger partial charge in [-0.3, -0.25) is 0 Å². The van der Waals surface area contributed by atoms with E-state index in [1.807, 2.05) is 109 Å². The molecule has 0 aromatic heterocycles. The highest BCUT2D eigenvalue weighted by Gasteiger charge is 2.11. The number of hydrogen-bond acceptors (Lipinski definition) is 6. The van der Waals surface area contributed by atoms with Crippen molar-refractivity contribution in [3.05, 3.63) is 115 Å². The molecule has 6 nitrogen and oxygen atoms in total. The van der Waals surface area contributed by atoms with Gasteiger partial charge < -0.3 is 18.9 Å². The van der Waals surface area contributed by atoms with Crippen LogP contribution in [0.3, 0.4) is 0 Å². The molecule has 4 rings (SSSR count). The molecule has 4 aromatic rings. The van der Waals surface area contributed by atoms with Crippen molar-refractivity contribution in [2.24, 2.45) is 0 Å². The van der Waals surface area contributed by atoms with E-state index in [0.29, 0.717) is 18.6 Å². The SMILES string of the molecule is O=C(COc1ccccc1-c1ccccc1)OCCCCOC(=O)OCc1ccccc1-c1ccccc1. The van der Waals surface area contributed by atoms with E-state index in [1.165, 1.54) is 0 Å². The van der Waals surface area contributed by atoms with Gasteiger partial charge in [0.25, 0.3) is 0 Å². The maximum atomic E-state index is 12.1. The monoisotopic (exact) mass is 510 g/mol. The minimum absolute atomic E-state index is 0.120. The second-order valence-corrected chi connectivity index (χ2v) is 8.49. The second kappa shape index (κ2) is 14.2. The van der Waals surface area contributed by atoms with Gasteiger partial charge >= 0.3 is 12.1 Å². The third kappa shape index (κ3) is 7.96. The standard InChI is InChI=1S/C32H30O6/c33-31(24-37-30-20-10-9-19-29(30)26-15-5-2-6-16-26)35-21-11-12-22-36-32(34)38-23-27-17-7-8-18-28(27)25-13-3-1-4-14-25/h1-10,13-20H,11-12,21-24H2. The van der Waals surface area contributed by atoms with E-state index in [-0.39, 0.29) is 26.4 Å². The average Bonchev–Trinajstić information content (AvgIpc) is 2.98. The van der Waals surface area contributed by atoms with Gasteiger partial charge in [0, 0.05) is 5.56 Å². The van der Waals surface area contributed by atoms with Crippen molar-refractivity contribution in [3.8, 4) is 28.0 Å². The van der Waals surface area contributed by atoms with Gasteiger partial charge in [-0.25, -0.2) is 9.59 Å². The number of rotatable bonds is 12. The van der Waals surface area contributed by atoms with Gasteiger partial charge in [0.2, 0.25) is 0 Å². The lowest BCUT2D eigenvalue weighted by Crippen LogP contribution is -2.16. The first-order valence-corrected chi connectivity index (χ1v) is 12.6. The molecule has 0 aliphatic carbocycles. The number of esters is 1. The molecule has 0 radical (unpaired) electrons. The molecule has 0 aliphatic heterocycles. The summed E-state index contributed by atoms with van der Waals surface area (Å²) in [4.78, 5) is 24.1. The molecule has 0 aliphatic rings. The van der Waals surface area contributed by atoms with Gasteiger partial charge in [0.15, 0.2) is 6.61 Å². The quantitative estimate of drug-likeness (QED) is 0.150. The second-order valence-electron chi connectivity index (χ2n) is 8.49. The Morgan fingerprint density at radius 3 is 1.82 bits per heavy atom. The van der Waals surface area contributed by atoms with Gasteiger partial charge in [-0.05, 0) is 41.2 Å². The van der Waals surface area contributed by atoms with Crippen molar-refractivity contribution in [2.75, 3.05) is 19.8 Å². The van der Waals surface area contributed by atoms with E-state index < -0.39 is 12.1 Å². The molecular weight excluding hydrogens is 480 g/mol. The Labute approximate surface area is 222 Å². The lowest BCUT2D eigenvalue weighted by molar-refractivity contribution is -0.146. The van der Waals surface area contributed by atoms with E-state index >= 15 is 0 Å². The third-order valence-corrected chi connectivity index (χ3v) is 5.79. The average molecular weight is 511 g/mol. The minimum Gasteiger partial charge on any atom is -0.481 e. The van der Waals surface area contributed by atoms with Crippen LogP contribution in [-0.2, 0) is 25.6 Å². The van der Waals surface area contributed by atoms with Crippen LogP contribution in [0.1, 0.15) is 18.4 Å².